The van der Waals surface area contributed by atoms with E-state index in [0.29, 0.717) is 29.1 Å². The maximum Gasteiger partial charge on any atom is 0.291 e. The highest BCUT2D eigenvalue weighted by atomic mass is 127. The Morgan fingerprint density at radius 2 is 1.88 bits per heavy atom. The third-order valence-corrected chi connectivity index (χ3v) is 5.98. The molecule has 0 spiro atoms. The quantitative estimate of drug-likeness (QED) is 0.353. The van der Waals surface area contributed by atoms with E-state index < -0.39 is 0 Å². The summed E-state index contributed by atoms with van der Waals surface area (Å²) in [5.41, 5.74) is 6.00. The summed E-state index contributed by atoms with van der Waals surface area (Å²) in [5, 5.41) is 7.24. The number of anilines is 1. The average molecular weight is 543 g/mol. The first-order valence-corrected chi connectivity index (χ1v) is 11.2. The van der Waals surface area contributed by atoms with Crippen LogP contribution in [0.15, 0.2) is 58.0 Å². The third-order valence-electron chi connectivity index (χ3n) is 5.26. The number of hydrogen-bond donors (Lipinski definition) is 2. The Morgan fingerprint density at radius 3 is 2.62 bits per heavy atom. The normalized spacial score (nSPS) is 14.0. The molecule has 164 valence electrons. The molecule has 2 aromatic carbocycles. The molecule has 1 aliphatic carbocycles. The molecule has 0 fully saturated rings. The summed E-state index contributed by atoms with van der Waals surface area (Å²) in [6.45, 7) is 1.84. The summed E-state index contributed by atoms with van der Waals surface area (Å²) in [6.07, 6.45) is 2.23. The Morgan fingerprint density at radius 1 is 1.09 bits per heavy atom. The molecule has 0 bridgehead atoms. The van der Waals surface area contributed by atoms with E-state index in [4.69, 9.17) is 9.15 Å². The summed E-state index contributed by atoms with van der Waals surface area (Å²) in [4.78, 5) is 25.4. The number of benzene rings is 2. The molecular formula is C24H22IN3O4. The van der Waals surface area contributed by atoms with Crippen molar-refractivity contribution in [2.75, 3.05) is 12.4 Å². The number of aryl methyl sites for hydroxylation is 1. The van der Waals surface area contributed by atoms with Crippen molar-refractivity contribution in [3.63, 3.8) is 0 Å². The second-order valence-corrected chi connectivity index (χ2v) is 8.65. The number of methoxy groups -OCH3 is 1. The molecule has 1 heterocycles. The zero-order chi connectivity index (χ0) is 22.7. The van der Waals surface area contributed by atoms with Crippen LogP contribution in [0.1, 0.15) is 50.6 Å². The van der Waals surface area contributed by atoms with E-state index in [2.05, 4.69) is 38.4 Å². The standard InChI is InChI=1S/C24H22IN3O4/c1-14-21-19(27-28-23(29)15-5-3-6-18(13-15)31-2)7-4-8-20(21)32-22(14)24(30)26-17-11-9-16(25)10-12-17/h3,5-6,9-13H,4,7-8H2,1-2H3,(H,26,30)(H,28,29). The van der Waals surface area contributed by atoms with Gasteiger partial charge in [-0.15, -0.1) is 0 Å². The Hall–Kier alpha value is -3.14. The zero-order valence-corrected chi connectivity index (χ0v) is 19.9. The van der Waals surface area contributed by atoms with Crippen molar-refractivity contribution in [3.05, 3.63) is 80.3 Å². The number of amides is 2. The van der Waals surface area contributed by atoms with Gasteiger partial charge in [-0.2, -0.15) is 5.10 Å². The van der Waals surface area contributed by atoms with Gasteiger partial charge in [-0.25, -0.2) is 5.43 Å². The number of furan rings is 1. The molecular weight excluding hydrogens is 521 g/mol. The molecule has 0 aliphatic heterocycles. The predicted molar refractivity (Wildman–Crippen MR) is 130 cm³/mol. The van der Waals surface area contributed by atoms with E-state index in [9.17, 15) is 9.59 Å². The zero-order valence-electron chi connectivity index (χ0n) is 17.7. The van der Waals surface area contributed by atoms with Gasteiger partial charge in [-0.1, -0.05) is 6.07 Å². The highest BCUT2D eigenvalue weighted by Gasteiger charge is 2.28. The van der Waals surface area contributed by atoms with E-state index in [0.717, 1.165) is 33.3 Å². The molecule has 1 aromatic heterocycles. The number of carbonyl (C=O) groups is 2. The molecule has 0 radical (unpaired) electrons. The van der Waals surface area contributed by atoms with E-state index >= 15 is 0 Å². The second kappa shape index (κ2) is 9.56. The van der Waals surface area contributed by atoms with Gasteiger partial charge in [0.05, 0.1) is 12.8 Å². The van der Waals surface area contributed by atoms with Crippen molar-refractivity contribution in [2.24, 2.45) is 5.10 Å². The monoisotopic (exact) mass is 543 g/mol. The van der Waals surface area contributed by atoms with Crippen LogP contribution in [0.4, 0.5) is 5.69 Å². The molecule has 3 aromatic rings. The van der Waals surface area contributed by atoms with Crippen LogP contribution in [0.25, 0.3) is 0 Å². The average Bonchev–Trinajstić information content (AvgIpc) is 3.16. The number of nitrogens with one attached hydrogen (secondary N) is 2. The van der Waals surface area contributed by atoms with Gasteiger partial charge >= 0.3 is 0 Å². The third kappa shape index (κ3) is 4.69. The molecule has 8 heteroatoms. The number of hydrazone groups is 1. The Labute approximate surface area is 199 Å². The molecule has 7 nitrogen and oxygen atoms in total. The van der Waals surface area contributed by atoms with E-state index in [1.165, 1.54) is 0 Å². The summed E-state index contributed by atoms with van der Waals surface area (Å²) < 4.78 is 12.2. The second-order valence-electron chi connectivity index (χ2n) is 7.40. The van der Waals surface area contributed by atoms with Crippen LogP contribution < -0.4 is 15.5 Å². The molecule has 0 saturated heterocycles. The number of ether oxygens (including phenoxy) is 1. The number of hydrogen-bond acceptors (Lipinski definition) is 5. The molecule has 0 unspecified atom stereocenters. The Balaban J connectivity index is 1.55. The molecule has 1 aliphatic rings. The number of fused-ring (bicyclic) bond motifs is 1. The van der Waals surface area contributed by atoms with E-state index in [1.54, 1.807) is 31.4 Å². The van der Waals surface area contributed by atoms with Crippen molar-refractivity contribution in [1.29, 1.82) is 0 Å². The first kappa shape index (κ1) is 22.1. The van der Waals surface area contributed by atoms with Gasteiger partial charge in [0, 0.05) is 32.4 Å². The van der Waals surface area contributed by atoms with Crippen molar-refractivity contribution in [2.45, 2.75) is 26.2 Å². The molecule has 2 N–H and O–H groups in total. The maximum absolute atomic E-state index is 12.8. The number of carbonyl (C=O) groups excluding carboxylic acids is 2. The van der Waals surface area contributed by atoms with Crippen LogP contribution in [0.2, 0.25) is 0 Å². The summed E-state index contributed by atoms with van der Waals surface area (Å²) in [6, 6.07) is 14.4. The maximum atomic E-state index is 12.8. The van der Waals surface area contributed by atoms with Gasteiger partial charge in [-0.05, 0) is 84.8 Å². The van der Waals surface area contributed by atoms with Crippen LogP contribution in [-0.4, -0.2) is 24.6 Å². The fourth-order valence-electron chi connectivity index (χ4n) is 3.66. The van der Waals surface area contributed by atoms with Crippen molar-refractivity contribution in [3.8, 4) is 5.75 Å². The Kier molecular flexibility index (Phi) is 6.59. The molecule has 4 rings (SSSR count). The van der Waals surface area contributed by atoms with Crippen molar-refractivity contribution >= 4 is 45.8 Å². The summed E-state index contributed by atoms with van der Waals surface area (Å²) in [7, 11) is 1.55. The van der Waals surface area contributed by atoms with Crippen molar-refractivity contribution < 1.29 is 18.7 Å². The minimum absolute atomic E-state index is 0.266. The number of halogens is 1. The van der Waals surface area contributed by atoms with Crippen LogP contribution in [-0.2, 0) is 6.42 Å². The Bertz CT molecular complexity index is 1200. The summed E-state index contributed by atoms with van der Waals surface area (Å²) in [5.74, 6) is 0.942. The van der Waals surface area contributed by atoms with Crippen LogP contribution in [0.5, 0.6) is 5.75 Å². The number of rotatable bonds is 5. The molecule has 0 saturated carbocycles. The topological polar surface area (TPSA) is 92.9 Å². The van der Waals surface area contributed by atoms with E-state index in [-0.39, 0.29) is 17.6 Å². The fourth-order valence-corrected chi connectivity index (χ4v) is 4.02. The fraction of sp³-hybridized carbons (Fsp3) is 0.208. The van der Waals surface area contributed by atoms with Gasteiger partial charge in [0.15, 0.2) is 5.76 Å². The SMILES string of the molecule is COc1cccc(C(=O)NN=C2CCCc3oc(C(=O)Nc4ccc(I)cc4)c(C)c32)c1. The molecule has 32 heavy (non-hydrogen) atoms. The largest absolute Gasteiger partial charge is 0.497 e. The predicted octanol–water partition coefficient (Wildman–Crippen LogP) is 4.92. The minimum atomic E-state index is -0.332. The van der Waals surface area contributed by atoms with E-state index in [1.807, 2.05) is 31.2 Å². The van der Waals surface area contributed by atoms with Gasteiger partial charge < -0.3 is 14.5 Å². The molecule has 0 atom stereocenters. The van der Waals surface area contributed by atoms with Gasteiger partial charge in [-0.3, -0.25) is 9.59 Å². The first-order valence-electron chi connectivity index (χ1n) is 10.2. The first-order chi connectivity index (χ1) is 15.5. The van der Waals surface area contributed by atoms with Crippen molar-refractivity contribution in [1.82, 2.24) is 5.43 Å². The smallest absolute Gasteiger partial charge is 0.291 e. The van der Waals surface area contributed by atoms with Crippen LogP contribution >= 0.6 is 22.6 Å². The number of nitrogens with zero attached hydrogens (tertiary/aromatic N) is 1. The van der Waals surface area contributed by atoms with Gasteiger partial charge in [0.1, 0.15) is 11.5 Å². The highest BCUT2D eigenvalue weighted by molar-refractivity contribution is 14.1. The highest BCUT2D eigenvalue weighted by Crippen LogP contribution is 2.30. The minimum Gasteiger partial charge on any atom is -0.497 e. The van der Waals surface area contributed by atoms with Gasteiger partial charge in [0.25, 0.3) is 11.8 Å². The lowest BCUT2D eigenvalue weighted by molar-refractivity contribution is 0.0953. The lowest BCUT2D eigenvalue weighted by atomic mass is 9.93. The lowest BCUT2D eigenvalue weighted by Crippen LogP contribution is -2.22. The van der Waals surface area contributed by atoms with Crippen LogP contribution in [0.3, 0.4) is 0 Å². The van der Waals surface area contributed by atoms with Crippen LogP contribution in [0, 0.1) is 10.5 Å². The lowest BCUT2D eigenvalue weighted by Gasteiger charge is -2.13. The molecule has 2 amide bonds. The summed E-state index contributed by atoms with van der Waals surface area (Å²) >= 11 is 2.21. The van der Waals surface area contributed by atoms with Gasteiger partial charge in [0.2, 0.25) is 0 Å².